The minimum absolute atomic E-state index is 0.0343. The fourth-order valence-corrected chi connectivity index (χ4v) is 2.76. The zero-order valence-electron chi connectivity index (χ0n) is 12.6. The van der Waals surface area contributed by atoms with E-state index >= 15 is 0 Å². The summed E-state index contributed by atoms with van der Waals surface area (Å²) in [6.07, 6.45) is 10.2. The highest BCUT2D eigenvalue weighted by Gasteiger charge is 2.28. The van der Waals surface area contributed by atoms with E-state index in [1.165, 1.54) is 7.11 Å². The molecule has 0 radical (unpaired) electrons. The van der Waals surface area contributed by atoms with Crippen LogP contribution in [-0.2, 0) is 14.3 Å². The second kappa shape index (κ2) is 7.98. The second-order valence-corrected chi connectivity index (χ2v) is 5.59. The number of carbonyl (C=O) groups is 2. The average molecular weight is 292 g/mol. The van der Waals surface area contributed by atoms with Gasteiger partial charge in [0.1, 0.15) is 6.61 Å². The van der Waals surface area contributed by atoms with E-state index < -0.39 is 0 Å². The SMILES string of the molecule is COCC(=O)N1CCC[C@H](C(=O)NCC2=CCCC=C2)C1. The molecule has 5 heteroatoms. The van der Waals surface area contributed by atoms with Gasteiger partial charge in [-0.15, -0.1) is 0 Å². The number of hydrogen-bond donors (Lipinski definition) is 1. The van der Waals surface area contributed by atoms with Gasteiger partial charge in [0.05, 0.1) is 5.92 Å². The van der Waals surface area contributed by atoms with Gasteiger partial charge in [-0.2, -0.15) is 0 Å². The molecular formula is C16H24N2O3. The molecule has 2 aliphatic rings. The number of amides is 2. The molecule has 1 atom stereocenters. The molecule has 1 fully saturated rings. The molecule has 5 nitrogen and oxygen atoms in total. The molecule has 0 saturated carbocycles. The van der Waals surface area contributed by atoms with Crippen LogP contribution in [-0.4, -0.2) is 50.1 Å². The van der Waals surface area contributed by atoms with Crippen molar-refractivity contribution in [1.82, 2.24) is 10.2 Å². The summed E-state index contributed by atoms with van der Waals surface area (Å²) in [4.78, 5) is 25.8. The van der Waals surface area contributed by atoms with Gasteiger partial charge in [-0.3, -0.25) is 9.59 Å². The summed E-state index contributed by atoms with van der Waals surface area (Å²) < 4.78 is 4.87. The van der Waals surface area contributed by atoms with Crippen LogP contribution in [0.2, 0.25) is 0 Å². The summed E-state index contributed by atoms with van der Waals surface area (Å²) in [6.45, 7) is 1.90. The molecule has 0 aromatic heterocycles. The van der Waals surface area contributed by atoms with Gasteiger partial charge in [-0.1, -0.05) is 18.2 Å². The third kappa shape index (κ3) is 4.70. The van der Waals surface area contributed by atoms with Crippen LogP contribution in [0.25, 0.3) is 0 Å². The van der Waals surface area contributed by atoms with Gasteiger partial charge in [0.2, 0.25) is 11.8 Å². The van der Waals surface area contributed by atoms with Crippen LogP contribution in [0.3, 0.4) is 0 Å². The molecule has 0 spiro atoms. The van der Waals surface area contributed by atoms with Crippen molar-refractivity contribution in [3.05, 3.63) is 23.8 Å². The third-order valence-corrected chi connectivity index (χ3v) is 3.95. The number of nitrogens with zero attached hydrogens (tertiary/aromatic N) is 1. The fourth-order valence-electron chi connectivity index (χ4n) is 2.76. The first-order valence-electron chi connectivity index (χ1n) is 7.60. The topological polar surface area (TPSA) is 58.6 Å². The number of rotatable bonds is 5. The van der Waals surface area contributed by atoms with Crippen LogP contribution in [0.1, 0.15) is 25.7 Å². The second-order valence-electron chi connectivity index (χ2n) is 5.59. The summed E-state index contributed by atoms with van der Waals surface area (Å²) in [5.41, 5.74) is 1.16. The molecule has 0 aromatic carbocycles. The number of ether oxygens (including phenoxy) is 1. The van der Waals surface area contributed by atoms with Crippen molar-refractivity contribution in [1.29, 1.82) is 0 Å². The zero-order valence-corrected chi connectivity index (χ0v) is 12.6. The molecule has 2 amide bonds. The van der Waals surface area contributed by atoms with Gasteiger partial charge in [0.25, 0.3) is 0 Å². The van der Waals surface area contributed by atoms with Crippen LogP contribution in [0, 0.1) is 5.92 Å². The van der Waals surface area contributed by atoms with E-state index in [1.807, 2.05) is 0 Å². The molecule has 116 valence electrons. The summed E-state index contributed by atoms with van der Waals surface area (Å²) in [6, 6.07) is 0. The highest BCUT2D eigenvalue weighted by molar-refractivity contribution is 5.82. The minimum Gasteiger partial charge on any atom is -0.375 e. The van der Waals surface area contributed by atoms with Gasteiger partial charge in [0.15, 0.2) is 0 Å². The lowest BCUT2D eigenvalue weighted by Gasteiger charge is -2.32. The van der Waals surface area contributed by atoms with Crippen molar-refractivity contribution in [3.8, 4) is 0 Å². The highest BCUT2D eigenvalue weighted by Crippen LogP contribution is 2.17. The van der Waals surface area contributed by atoms with Crippen LogP contribution in [0.5, 0.6) is 0 Å². The summed E-state index contributed by atoms with van der Waals surface area (Å²) >= 11 is 0. The number of hydrogen-bond acceptors (Lipinski definition) is 3. The Kier molecular flexibility index (Phi) is 5.99. The molecule has 1 aliphatic carbocycles. The smallest absolute Gasteiger partial charge is 0.248 e. The molecule has 1 saturated heterocycles. The Morgan fingerprint density at radius 1 is 1.43 bits per heavy atom. The van der Waals surface area contributed by atoms with Crippen molar-refractivity contribution in [2.45, 2.75) is 25.7 Å². The molecular weight excluding hydrogens is 268 g/mol. The van der Waals surface area contributed by atoms with E-state index in [9.17, 15) is 9.59 Å². The Bertz CT molecular complexity index is 443. The molecule has 1 heterocycles. The standard InChI is InChI=1S/C16H24N2O3/c1-21-12-15(19)18-9-5-8-14(11-18)16(20)17-10-13-6-3-2-4-7-13/h3,6-7,14H,2,4-5,8-12H2,1H3,(H,17,20)/t14-/m0/s1. The van der Waals surface area contributed by atoms with E-state index in [0.29, 0.717) is 13.1 Å². The van der Waals surface area contributed by atoms with Crippen molar-refractivity contribution >= 4 is 11.8 Å². The molecule has 21 heavy (non-hydrogen) atoms. The fraction of sp³-hybridized carbons (Fsp3) is 0.625. The van der Waals surface area contributed by atoms with Crippen LogP contribution >= 0.6 is 0 Å². The number of likely N-dealkylation sites (tertiary alicyclic amines) is 1. The van der Waals surface area contributed by atoms with E-state index in [-0.39, 0.29) is 24.3 Å². The van der Waals surface area contributed by atoms with Gasteiger partial charge in [-0.25, -0.2) is 0 Å². The quantitative estimate of drug-likeness (QED) is 0.830. The monoisotopic (exact) mass is 292 g/mol. The Balaban J connectivity index is 1.80. The maximum atomic E-state index is 12.2. The Morgan fingerprint density at radius 2 is 2.29 bits per heavy atom. The molecule has 0 bridgehead atoms. The van der Waals surface area contributed by atoms with E-state index in [0.717, 1.165) is 37.8 Å². The van der Waals surface area contributed by atoms with Gasteiger partial charge >= 0.3 is 0 Å². The molecule has 0 aromatic rings. The van der Waals surface area contributed by atoms with Crippen molar-refractivity contribution in [2.24, 2.45) is 5.92 Å². The summed E-state index contributed by atoms with van der Waals surface area (Å²) in [7, 11) is 1.51. The number of nitrogens with one attached hydrogen (secondary N) is 1. The highest BCUT2D eigenvalue weighted by atomic mass is 16.5. The predicted molar refractivity (Wildman–Crippen MR) is 80.6 cm³/mol. The normalized spacial score (nSPS) is 21.9. The predicted octanol–water partition coefficient (Wildman–Crippen LogP) is 1.26. The van der Waals surface area contributed by atoms with Crippen molar-refractivity contribution < 1.29 is 14.3 Å². The largest absolute Gasteiger partial charge is 0.375 e. The van der Waals surface area contributed by atoms with Crippen molar-refractivity contribution in [2.75, 3.05) is 33.4 Å². The lowest BCUT2D eigenvalue weighted by atomic mass is 9.97. The van der Waals surface area contributed by atoms with Crippen LogP contribution < -0.4 is 5.32 Å². The van der Waals surface area contributed by atoms with E-state index in [1.54, 1.807) is 4.90 Å². The molecule has 0 unspecified atom stereocenters. The Hall–Kier alpha value is -1.62. The zero-order chi connectivity index (χ0) is 15.1. The van der Waals surface area contributed by atoms with Gasteiger partial charge < -0.3 is 15.0 Å². The lowest BCUT2D eigenvalue weighted by molar-refractivity contribution is -0.138. The van der Waals surface area contributed by atoms with Crippen LogP contribution in [0.4, 0.5) is 0 Å². The van der Waals surface area contributed by atoms with Gasteiger partial charge in [0, 0.05) is 26.7 Å². The summed E-state index contributed by atoms with van der Waals surface area (Å²) in [5.74, 6) is -0.0922. The maximum Gasteiger partial charge on any atom is 0.248 e. The average Bonchev–Trinajstić information content (AvgIpc) is 2.54. The lowest BCUT2D eigenvalue weighted by Crippen LogP contribution is -2.46. The van der Waals surface area contributed by atoms with E-state index in [4.69, 9.17) is 4.74 Å². The Morgan fingerprint density at radius 3 is 3.00 bits per heavy atom. The first-order chi connectivity index (χ1) is 10.2. The maximum absolute atomic E-state index is 12.2. The molecule has 1 N–H and O–H groups in total. The third-order valence-electron chi connectivity index (χ3n) is 3.95. The van der Waals surface area contributed by atoms with E-state index in [2.05, 4.69) is 23.5 Å². The number of allylic oxidation sites excluding steroid dienone is 2. The first-order valence-corrected chi connectivity index (χ1v) is 7.60. The van der Waals surface area contributed by atoms with Crippen molar-refractivity contribution in [3.63, 3.8) is 0 Å². The molecule has 1 aliphatic heterocycles. The van der Waals surface area contributed by atoms with Gasteiger partial charge in [-0.05, 0) is 31.3 Å². The van der Waals surface area contributed by atoms with Crippen LogP contribution in [0.15, 0.2) is 23.8 Å². The Labute approximate surface area is 126 Å². The number of piperidine rings is 1. The first kappa shape index (κ1) is 15.8. The molecule has 2 rings (SSSR count). The minimum atomic E-state index is -0.104. The number of methoxy groups -OCH3 is 1. The number of carbonyl (C=O) groups excluding carboxylic acids is 2. The summed E-state index contributed by atoms with van der Waals surface area (Å²) in [5, 5.41) is 2.99.